The standard InChI is InChI=1S/C6H7F5O/c7-5(8)1-4(2-5,3-12)6(9,10)11/h12H,1-3H2. The SMILES string of the molecule is OCC1(C(F)(F)F)CC(F)(F)C1. The molecule has 0 bridgehead atoms. The first-order valence-electron chi connectivity index (χ1n) is 3.28. The van der Waals surface area contributed by atoms with Crippen LogP contribution < -0.4 is 0 Å². The molecule has 0 radical (unpaired) electrons. The van der Waals surface area contributed by atoms with Gasteiger partial charge in [0.05, 0.1) is 6.61 Å². The van der Waals surface area contributed by atoms with Gasteiger partial charge in [0.25, 0.3) is 0 Å². The molecule has 1 aliphatic carbocycles. The van der Waals surface area contributed by atoms with Crippen LogP contribution in [0.1, 0.15) is 12.8 Å². The fourth-order valence-electron chi connectivity index (χ4n) is 1.34. The van der Waals surface area contributed by atoms with E-state index in [1.807, 2.05) is 0 Å². The number of rotatable bonds is 1. The molecule has 1 fully saturated rings. The molecule has 1 nitrogen and oxygen atoms in total. The van der Waals surface area contributed by atoms with Crippen molar-refractivity contribution in [2.75, 3.05) is 6.61 Å². The Morgan fingerprint density at radius 1 is 1.17 bits per heavy atom. The van der Waals surface area contributed by atoms with Crippen molar-refractivity contribution >= 4 is 0 Å². The van der Waals surface area contributed by atoms with E-state index in [1.165, 1.54) is 0 Å². The van der Waals surface area contributed by atoms with Gasteiger partial charge in [-0.25, -0.2) is 8.78 Å². The van der Waals surface area contributed by atoms with Gasteiger partial charge < -0.3 is 5.11 Å². The van der Waals surface area contributed by atoms with E-state index in [0.717, 1.165) is 0 Å². The largest absolute Gasteiger partial charge is 0.397 e. The van der Waals surface area contributed by atoms with Crippen LogP contribution in [-0.4, -0.2) is 23.8 Å². The normalized spacial score (nSPS) is 26.5. The van der Waals surface area contributed by atoms with Crippen LogP contribution in [0.25, 0.3) is 0 Å². The van der Waals surface area contributed by atoms with Gasteiger partial charge in [0.15, 0.2) is 0 Å². The Kier molecular flexibility index (Phi) is 1.86. The quantitative estimate of drug-likeness (QED) is 0.626. The summed E-state index contributed by atoms with van der Waals surface area (Å²) in [5.74, 6) is -3.27. The van der Waals surface area contributed by atoms with E-state index >= 15 is 0 Å². The molecule has 0 atom stereocenters. The van der Waals surface area contributed by atoms with Gasteiger partial charge in [0, 0.05) is 12.8 Å². The molecule has 0 saturated heterocycles. The lowest BCUT2D eigenvalue weighted by Gasteiger charge is -2.46. The van der Waals surface area contributed by atoms with Gasteiger partial charge >= 0.3 is 6.18 Å². The molecule has 1 saturated carbocycles. The van der Waals surface area contributed by atoms with Crippen LogP contribution >= 0.6 is 0 Å². The summed E-state index contributed by atoms with van der Waals surface area (Å²) in [6, 6.07) is 0. The lowest BCUT2D eigenvalue weighted by atomic mass is 9.66. The summed E-state index contributed by atoms with van der Waals surface area (Å²) in [6.07, 6.45) is -7.32. The van der Waals surface area contributed by atoms with Crippen LogP contribution in [0.5, 0.6) is 0 Å². The lowest BCUT2D eigenvalue weighted by Crippen LogP contribution is -2.56. The molecule has 72 valence electrons. The summed E-state index contributed by atoms with van der Waals surface area (Å²) in [5.41, 5.74) is -2.56. The lowest BCUT2D eigenvalue weighted by molar-refractivity contribution is -0.318. The van der Waals surface area contributed by atoms with Crippen molar-refractivity contribution in [3.05, 3.63) is 0 Å². The van der Waals surface area contributed by atoms with Gasteiger partial charge in [0.2, 0.25) is 5.92 Å². The average Bonchev–Trinajstić information content (AvgIpc) is 1.78. The highest BCUT2D eigenvalue weighted by Crippen LogP contribution is 2.59. The van der Waals surface area contributed by atoms with E-state index in [9.17, 15) is 22.0 Å². The van der Waals surface area contributed by atoms with Crippen molar-refractivity contribution in [2.45, 2.75) is 24.9 Å². The molecular formula is C6H7F5O. The first-order chi connectivity index (χ1) is 5.22. The second-order valence-corrected chi connectivity index (χ2v) is 3.15. The number of hydrogen-bond acceptors (Lipinski definition) is 1. The number of aliphatic hydroxyl groups is 1. The fourth-order valence-corrected chi connectivity index (χ4v) is 1.34. The van der Waals surface area contributed by atoms with E-state index in [-0.39, 0.29) is 0 Å². The maximum absolute atomic E-state index is 12.1. The Balaban J connectivity index is 2.72. The highest BCUT2D eigenvalue weighted by molar-refractivity contribution is 5.02. The minimum atomic E-state index is -4.73. The number of halogens is 5. The van der Waals surface area contributed by atoms with E-state index in [0.29, 0.717) is 0 Å². The van der Waals surface area contributed by atoms with Gasteiger partial charge in [-0.2, -0.15) is 13.2 Å². The summed E-state index contributed by atoms with van der Waals surface area (Å²) >= 11 is 0. The van der Waals surface area contributed by atoms with Crippen molar-refractivity contribution in [1.82, 2.24) is 0 Å². The molecule has 0 heterocycles. The predicted octanol–water partition coefficient (Wildman–Crippen LogP) is 1.96. The first kappa shape index (κ1) is 9.70. The summed E-state index contributed by atoms with van der Waals surface area (Å²) < 4.78 is 60.3. The van der Waals surface area contributed by atoms with Crippen LogP contribution in [0.4, 0.5) is 22.0 Å². The van der Waals surface area contributed by atoms with Gasteiger partial charge in [-0.05, 0) is 0 Å². The van der Waals surface area contributed by atoms with Crippen LogP contribution in [0, 0.1) is 5.41 Å². The molecule has 6 heteroatoms. The van der Waals surface area contributed by atoms with Crippen LogP contribution in [0.2, 0.25) is 0 Å². The minimum absolute atomic E-state index is 1.26. The zero-order valence-corrected chi connectivity index (χ0v) is 5.96. The van der Waals surface area contributed by atoms with Crippen molar-refractivity contribution < 1.29 is 27.1 Å². The second-order valence-electron chi connectivity index (χ2n) is 3.15. The van der Waals surface area contributed by atoms with Crippen molar-refractivity contribution in [1.29, 1.82) is 0 Å². The molecule has 0 amide bonds. The maximum Gasteiger partial charge on any atom is 0.397 e. The number of hydrogen-bond donors (Lipinski definition) is 1. The molecule has 0 spiro atoms. The molecule has 0 aromatic rings. The number of aliphatic hydroxyl groups excluding tert-OH is 1. The van der Waals surface area contributed by atoms with E-state index in [2.05, 4.69) is 0 Å². The zero-order chi connectivity index (χ0) is 9.62. The second kappa shape index (κ2) is 2.31. The Bertz CT molecular complexity index is 177. The third kappa shape index (κ3) is 1.28. The third-order valence-electron chi connectivity index (χ3n) is 2.10. The topological polar surface area (TPSA) is 20.2 Å². The zero-order valence-electron chi connectivity index (χ0n) is 5.96. The molecule has 1 N–H and O–H groups in total. The summed E-state index contributed by atoms with van der Waals surface area (Å²) in [6.45, 7) is -1.26. The van der Waals surface area contributed by atoms with Gasteiger partial charge in [0.1, 0.15) is 5.41 Å². The first-order valence-corrected chi connectivity index (χ1v) is 3.28. The smallest absolute Gasteiger partial charge is 0.395 e. The van der Waals surface area contributed by atoms with Crippen LogP contribution in [0.15, 0.2) is 0 Å². The number of alkyl halides is 5. The fraction of sp³-hybridized carbons (Fsp3) is 1.00. The predicted molar refractivity (Wildman–Crippen MR) is 29.8 cm³/mol. The molecule has 0 aromatic carbocycles. The highest BCUT2D eigenvalue weighted by Gasteiger charge is 2.69. The summed E-state index contributed by atoms with van der Waals surface area (Å²) in [7, 11) is 0. The van der Waals surface area contributed by atoms with Gasteiger partial charge in [-0.3, -0.25) is 0 Å². The average molecular weight is 190 g/mol. The van der Waals surface area contributed by atoms with Crippen molar-refractivity contribution in [2.24, 2.45) is 5.41 Å². The maximum atomic E-state index is 12.1. The van der Waals surface area contributed by atoms with Gasteiger partial charge in [-0.15, -0.1) is 0 Å². The summed E-state index contributed by atoms with van der Waals surface area (Å²) in [5, 5.41) is 8.35. The van der Waals surface area contributed by atoms with Crippen LogP contribution in [-0.2, 0) is 0 Å². The molecule has 1 rings (SSSR count). The van der Waals surface area contributed by atoms with Crippen LogP contribution in [0.3, 0.4) is 0 Å². The Hall–Kier alpha value is -0.390. The molecule has 0 unspecified atom stereocenters. The highest BCUT2D eigenvalue weighted by atomic mass is 19.4. The Labute approximate surface area is 65.2 Å². The third-order valence-corrected chi connectivity index (χ3v) is 2.10. The monoisotopic (exact) mass is 190 g/mol. The van der Waals surface area contributed by atoms with Crippen molar-refractivity contribution in [3.63, 3.8) is 0 Å². The molecule has 0 aromatic heterocycles. The van der Waals surface area contributed by atoms with Crippen molar-refractivity contribution in [3.8, 4) is 0 Å². The summed E-state index contributed by atoms with van der Waals surface area (Å²) in [4.78, 5) is 0. The molecule has 12 heavy (non-hydrogen) atoms. The minimum Gasteiger partial charge on any atom is -0.395 e. The van der Waals surface area contributed by atoms with E-state index in [1.54, 1.807) is 0 Å². The molecular weight excluding hydrogens is 183 g/mol. The van der Waals surface area contributed by atoms with Gasteiger partial charge in [-0.1, -0.05) is 0 Å². The van der Waals surface area contributed by atoms with E-state index in [4.69, 9.17) is 5.11 Å². The van der Waals surface area contributed by atoms with E-state index < -0.39 is 37.0 Å². The molecule has 0 aliphatic heterocycles. The Morgan fingerprint density at radius 3 is 1.67 bits per heavy atom. The molecule has 1 aliphatic rings. The Morgan fingerprint density at radius 2 is 1.58 bits per heavy atom.